The Bertz CT molecular complexity index is 826. The van der Waals surface area contributed by atoms with Gasteiger partial charge in [0.15, 0.2) is 0 Å². The molecule has 0 spiro atoms. The Kier molecular flexibility index (Phi) is 5.59. The lowest BCUT2D eigenvalue weighted by molar-refractivity contribution is -0.135. The molecule has 7 heteroatoms. The van der Waals surface area contributed by atoms with Crippen LogP contribution in [-0.4, -0.2) is 42.1 Å². The minimum atomic E-state index is -0.262. The number of anilines is 1. The highest BCUT2D eigenvalue weighted by Crippen LogP contribution is 2.35. The van der Waals surface area contributed by atoms with Crippen molar-refractivity contribution >= 4 is 45.2 Å². The first kappa shape index (κ1) is 18.6. The fourth-order valence-corrected chi connectivity index (χ4v) is 5.29. The fraction of sp³-hybridized carbons (Fsp3) is 0.400. The summed E-state index contributed by atoms with van der Waals surface area (Å²) < 4.78 is 6.46. The predicted molar refractivity (Wildman–Crippen MR) is 110 cm³/mol. The van der Waals surface area contributed by atoms with Crippen molar-refractivity contribution in [2.45, 2.75) is 18.1 Å². The molecule has 0 radical (unpaired) electrons. The molecule has 4 rings (SSSR count). The van der Waals surface area contributed by atoms with Gasteiger partial charge in [-0.3, -0.25) is 9.59 Å². The molecule has 2 unspecified atom stereocenters. The van der Waals surface area contributed by atoms with Gasteiger partial charge in [-0.25, -0.2) is 0 Å². The molecule has 0 aliphatic carbocycles. The molecule has 2 amide bonds. The SMILES string of the molecule is O=C(C1CC(=O)N(c2cccc(Br)c2)C1)N1CCSC(c2ccco2)CC1. The molecule has 0 bridgehead atoms. The number of nitrogens with zero attached hydrogens (tertiary/aromatic N) is 2. The second-order valence-electron chi connectivity index (χ2n) is 6.87. The molecule has 2 aromatic rings. The van der Waals surface area contributed by atoms with Gasteiger partial charge in [0.2, 0.25) is 11.8 Å². The average Bonchev–Trinajstić information content (AvgIpc) is 3.26. The van der Waals surface area contributed by atoms with E-state index in [-0.39, 0.29) is 24.2 Å². The van der Waals surface area contributed by atoms with Gasteiger partial charge in [-0.05, 0) is 36.8 Å². The molecule has 2 saturated heterocycles. The van der Waals surface area contributed by atoms with Crippen molar-refractivity contribution < 1.29 is 14.0 Å². The maximum atomic E-state index is 13.0. The second kappa shape index (κ2) is 8.10. The van der Waals surface area contributed by atoms with E-state index in [1.807, 2.05) is 53.1 Å². The summed E-state index contributed by atoms with van der Waals surface area (Å²) in [5.41, 5.74) is 0.842. The van der Waals surface area contributed by atoms with Gasteiger partial charge in [0.25, 0.3) is 0 Å². The van der Waals surface area contributed by atoms with Crippen molar-refractivity contribution in [1.29, 1.82) is 0 Å². The smallest absolute Gasteiger partial charge is 0.228 e. The number of furan rings is 1. The van der Waals surface area contributed by atoms with Crippen LogP contribution in [0.1, 0.15) is 23.9 Å². The van der Waals surface area contributed by atoms with E-state index in [4.69, 9.17) is 4.42 Å². The number of hydrogen-bond acceptors (Lipinski definition) is 4. The Morgan fingerprint density at radius 3 is 2.89 bits per heavy atom. The summed E-state index contributed by atoms with van der Waals surface area (Å²) >= 11 is 5.28. The molecule has 1 aromatic carbocycles. The standard InChI is InChI=1S/C20H21BrN2O3S/c21-15-3-1-4-16(12-15)23-13-14(11-19(23)24)20(25)22-7-6-18(27-10-8-22)17-5-2-9-26-17/h1-5,9,12,14,18H,6-8,10-11,13H2. The van der Waals surface area contributed by atoms with Gasteiger partial charge in [0, 0.05) is 42.0 Å². The van der Waals surface area contributed by atoms with E-state index >= 15 is 0 Å². The van der Waals surface area contributed by atoms with Gasteiger partial charge < -0.3 is 14.2 Å². The van der Waals surface area contributed by atoms with Gasteiger partial charge in [-0.1, -0.05) is 22.0 Å². The highest BCUT2D eigenvalue weighted by atomic mass is 79.9. The predicted octanol–water partition coefficient (Wildman–Crippen LogP) is 4.10. The first-order chi connectivity index (χ1) is 13.1. The molecular weight excluding hydrogens is 428 g/mol. The van der Waals surface area contributed by atoms with Crippen LogP contribution in [0.5, 0.6) is 0 Å². The number of benzene rings is 1. The van der Waals surface area contributed by atoms with Crippen molar-refractivity contribution in [3.8, 4) is 0 Å². The van der Waals surface area contributed by atoms with Crippen LogP contribution in [0.4, 0.5) is 5.69 Å². The van der Waals surface area contributed by atoms with E-state index in [9.17, 15) is 9.59 Å². The molecule has 27 heavy (non-hydrogen) atoms. The number of hydrogen-bond donors (Lipinski definition) is 0. The topological polar surface area (TPSA) is 53.8 Å². The monoisotopic (exact) mass is 448 g/mol. The molecule has 1 aromatic heterocycles. The van der Waals surface area contributed by atoms with Gasteiger partial charge in [-0.2, -0.15) is 0 Å². The van der Waals surface area contributed by atoms with Crippen LogP contribution in [0.3, 0.4) is 0 Å². The molecule has 3 heterocycles. The third kappa shape index (κ3) is 4.09. The van der Waals surface area contributed by atoms with Crippen LogP contribution in [0.2, 0.25) is 0 Å². The van der Waals surface area contributed by atoms with E-state index in [1.54, 1.807) is 11.2 Å². The molecule has 0 N–H and O–H groups in total. The van der Waals surface area contributed by atoms with Gasteiger partial charge >= 0.3 is 0 Å². The van der Waals surface area contributed by atoms with E-state index in [1.165, 1.54) is 0 Å². The Balaban J connectivity index is 1.40. The molecule has 2 aliphatic rings. The largest absolute Gasteiger partial charge is 0.468 e. The zero-order valence-electron chi connectivity index (χ0n) is 14.8. The van der Waals surface area contributed by atoms with Gasteiger partial charge in [0.1, 0.15) is 5.76 Å². The van der Waals surface area contributed by atoms with Crippen molar-refractivity contribution in [3.63, 3.8) is 0 Å². The Morgan fingerprint density at radius 1 is 1.22 bits per heavy atom. The summed E-state index contributed by atoms with van der Waals surface area (Å²) in [7, 11) is 0. The Hall–Kier alpha value is -1.73. The molecule has 2 aliphatic heterocycles. The molecular formula is C20H21BrN2O3S. The highest BCUT2D eigenvalue weighted by Gasteiger charge is 2.37. The summed E-state index contributed by atoms with van der Waals surface area (Å²) in [6, 6.07) is 11.6. The molecule has 142 valence electrons. The molecule has 2 fully saturated rings. The number of rotatable bonds is 3. The lowest BCUT2D eigenvalue weighted by Gasteiger charge is -2.24. The zero-order valence-corrected chi connectivity index (χ0v) is 17.2. The van der Waals surface area contributed by atoms with E-state index in [0.717, 1.165) is 34.6 Å². The Labute approximate surface area is 171 Å². The summed E-state index contributed by atoms with van der Waals surface area (Å²) in [6.07, 6.45) is 2.86. The third-order valence-corrected chi connectivity index (χ3v) is 6.89. The van der Waals surface area contributed by atoms with Crippen LogP contribution in [-0.2, 0) is 9.59 Å². The molecule has 2 atom stereocenters. The normalized spacial score (nSPS) is 23.5. The lowest BCUT2D eigenvalue weighted by atomic mass is 10.1. The summed E-state index contributed by atoms with van der Waals surface area (Å²) in [6.45, 7) is 1.89. The fourth-order valence-electron chi connectivity index (χ4n) is 3.72. The minimum Gasteiger partial charge on any atom is -0.468 e. The lowest BCUT2D eigenvalue weighted by Crippen LogP contribution is -2.38. The summed E-state index contributed by atoms with van der Waals surface area (Å²) in [5.74, 6) is 1.71. The maximum Gasteiger partial charge on any atom is 0.228 e. The van der Waals surface area contributed by atoms with Gasteiger partial charge in [-0.15, -0.1) is 11.8 Å². The number of carbonyl (C=O) groups is 2. The summed E-state index contributed by atoms with van der Waals surface area (Å²) in [4.78, 5) is 29.2. The minimum absolute atomic E-state index is 0.0177. The zero-order chi connectivity index (χ0) is 18.8. The van der Waals surface area contributed by atoms with Crippen LogP contribution in [0.25, 0.3) is 0 Å². The van der Waals surface area contributed by atoms with Crippen molar-refractivity contribution in [1.82, 2.24) is 4.90 Å². The van der Waals surface area contributed by atoms with Gasteiger partial charge in [0.05, 0.1) is 17.4 Å². The first-order valence-electron chi connectivity index (χ1n) is 9.11. The van der Waals surface area contributed by atoms with Crippen LogP contribution < -0.4 is 4.90 Å². The average molecular weight is 449 g/mol. The van der Waals surface area contributed by atoms with Crippen molar-refractivity contribution in [2.24, 2.45) is 5.92 Å². The first-order valence-corrected chi connectivity index (χ1v) is 11.0. The van der Waals surface area contributed by atoms with E-state index in [2.05, 4.69) is 15.9 Å². The number of thioether (sulfide) groups is 1. The number of carbonyl (C=O) groups excluding carboxylic acids is 2. The van der Waals surface area contributed by atoms with Crippen LogP contribution in [0.15, 0.2) is 51.6 Å². The molecule has 0 saturated carbocycles. The summed E-state index contributed by atoms with van der Waals surface area (Å²) in [5, 5.41) is 0.293. The van der Waals surface area contributed by atoms with E-state index in [0.29, 0.717) is 18.3 Å². The number of amides is 2. The quantitative estimate of drug-likeness (QED) is 0.708. The molecule has 5 nitrogen and oxygen atoms in total. The number of halogens is 1. The second-order valence-corrected chi connectivity index (χ2v) is 9.10. The van der Waals surface area contributed by atoms with Crippen molar-refractivity contribution in [2.75, 3.05) is 30.3 Å². The van der Waals surface area contributed by atoms with E-state index < -0.39 is 0 Å². The maximum absolute atomic E-state index is 13.0. The third-order valence-electron chi connectivity index (χ3n) is 5.11. The van der Waals surface area contributed by atoms with Crippen LogP contribution in [0, 0.1) is 5.92 Å². The van der Waals surface area contributed by atoms with Crippen molar-refractivity contribution in [3.05, 3.63) is 52.9 Å². The highest BCUT2D eigenvalue weighted by molar-refractivity contribution is 9.10. The van der Waals surface area contributed by atoms with Crippen LogP contribution >= 0.6 is 27.7 Å². The Morgan fingerprint density at radius 2 is 2.11 bits per heavy atom.